The summed E-state index contributed by atoms with van der Waals surface area (Å²) in [5.41, 5.74) is 1.54. The van der Waals surface area contributed by atoms with Crippen LogP contribution < -0.4 is 0 Å². The van der Waals surface area contributed by atoms with Crippen molar-refractivity contribution in [1.29, 1.82) is 0 Å². The molecule has 0 heterocycles. The smallest absolute Gasteiger partial charge is 0.338 e. The van der Waals surface area contributed by atoms with E-state index in [0.29, 0.717) is 34.3 Å². The number of fused-ring (bicyclic) bond motifs is 2. The topological polar surface area (TPSA) is 60.4 Å². The number of hydrogen-bond acceptors (Lipinski definition) is 4. The summed E-state index contributed by atoms with van der Waals surface area (Å²) in [7, 11) is -3.07. The lowest BCUT2D eigenvalue weighted by molar-refractivity contribution is -0.156. The van der Waals surface area contributed by atoms with Gasteiger partial charge >= 0.3 is 5.97 Å². The molecular formula is C19H26O4S. The first-order valence-electron chi connectivity index (χ1n) is 8.55. The highest BCUT2D eigenvalue weighted by molar-refractivity contribution is 7.89. The fourth-order valence-electron chi connectivity index (χ4n) is 4.50. The zero-order valence-corrected chi connectivity index (χ0v) is 15.6. The van der Waals surface area contributed by atoms with Crippen molar-refractivity contribution in [2.24, 2.45) is 23.2 Å². The van der Waals surface area contributed by atoms with E-state index in [0.717, 1.165) is 6.42 Å². The summed E-state index contributed by atoms with van der Waals surface area (Å²) in [5.74, 6) is 1.34. The Morgan fingerprint density at radius 1 is 1.21 bits per heavy atom. The summed E-state index contributed by atoms with van der Waals surface area (Å²) in [4.78, 5) is 12.4. The molecule has 3 fully saturated rings. The maximum Gasteiger partial charge on any atom is 0.338 e. The van der Waals surface area contributed by atoms with Crippen LogP contribution in [-0.2, 0) is 20.3 Å². The van der Waals surface area contributed by atoms with Crippen LogP contribution in [0.3, 0.4) is 0 Å². The van der Waals surface area contributed by atoms with E-state index >= 15 is 0 Å². The quantitative estimate of drug-likeness (QED) is 0.780. The average Bonchev–Trinajstić information content (AvgIpc) is 2.47. The molecule has 0 aliphatic heterocycles. The molecular weight excluding hydrogens is 324 g/mol. The molecule has 3 aliphatic carbocycles. The van der Waals surface area contributed by atoms with E-state index in [1.165, 1.54) is 12.7 Å². The molecule has 24 heavy (non-hydrogen) atoms. The van der Waals surface area contributed by atoms with Crippen molar-refractivity contribution in [1.82, 2.24) is 0 Å². The van der Waals surface area contributed by atoms with E-state index in [1.807, 2.05) is 0 Å². The lowest BCUT2D eigenvalue weighted by atomic mass is 9.45. The molecule has 1 aromatic rings. The van der Waals surface area contributed by atoms with Crippen molar-refractivity contribution >= 4 is 15.8 Å². The van der Waals surface area contributed by atoms with Crippen molar-refractivity contribution in [2.45, 2.75) is 45.5 Å². The second-order valence-electron chi connectivity index (χ2n) is 8.17. The number of carbonyl (C=O) groups is 1. The molecule has 3 saturated carbocycles. The summed E-state index contributed by atoms with van der Waals surface area (Å²) < 4.78 is 28.4. The molecule has 0 amide bonds. The van der Waals surface area contributed by atoms with Gasteiger partial charge in [0, 0.05) is 6.26 Å². The predicted octanol–water partition coefficient (Wildman–Crippen LogP) is 3.46. The molecule has 132 valence electrons. The first-order chi connectivity index (χ1) is 11.1. The van der Waals surface area contributed by atoms with Crippen LogP contribution in [0.25, 0.3) is 0 Å². The van der Waals surface area contributed by atoms with Gasteiger partial charge in [-0.1, -0.05) is 32.9 Å². The molecule has 0 spiro atoms. The van der Waals surface area contributed by atoms with Gasteiger partial charge in [-0.3, -0.25) is 0 Å². The van der Waals surface area contributed by atoms with Crippen LogP contribution in [0.5, 0.6) is 0 Å². The Morgan fingerprint density at radius 2 is 1.83 bits per heavy atom. The predicted molar refractivity (Wildman–Crippen MR) is 93.4 cm³/mol. The molecule has 3 aliphatic rings. The monoisotopic (exact) mass is 350 g/mol. The van der Waals surface area contributed by atoms with Gasteiger partial charge in [0.1, 0.15) is 6.10 Å². The first-order valence-corrected chi connectivity index (χ1v) is 10.6. The lowest BCUT2D eigenvalue weighted by Gasteiger charge is -2.61. The van der Waals surface area contributed by atoms with Gasteiger partial charge in [0.25, 0.3) is 0 Å². The van der Waals surface area contributed by atoms with Crippen LogP contribution in [0.1, 0.15) is 49.5 Å². The minimum atomic E-state index is -3.07. The van der Waals surface area contributed by atoms with Crippen molar-refractivity contribution in [2.75, 3.05) is 6.26 Å². The zero-order valence-electron chi connectivity index (χ0n) is 14.8. The van der Waals surface area contributed by atoms with Gasteiger partial charge in [0.05, 0.1) is 11.3 Å². The van der Waals surface area contributed by atoms with E-state index in [4.69, 9.17) is 4.74 Å². The van der Waals surface area contributed by atoms with E-state index in [9.17, 15) is 13.2 Å². The summed E-state index contributed by atoms with van der Waals surface area (Å²) >= 11 is 0. The van der Waals surface area contributed by atoms with Crippen LogP contribution >= 0.6 is 0 Å². The van der Waals surface area contributed by atoms with Gasteiger partial charge < -0.3 is 4.74 Å². The summed E-state index contributed by atoms with van der Waals surface area (Å²) in [6, 6.07) is 6.67. The Kier molecular flexibility index (Phi) is 4.27. The summed E-state index contributed by atoms with van der Waals surface area (Å²) in [6.45, 7) is 6.83. The second-order valence-corrected chi connectivity index (χ2v) is 10.3. The molecule has 0 radical (unpaired) electrons. The number of carbonyl (C=O) groups excluding carboxylic acids is 1. The van der Waals surface area contributed by atoms with Crippen LogP contribution in [0.4, 0.5) is 0 Å². The van der Waals surface area contributed by atoms with Crippen LogP contribution in [0, 0.1) is 23.2 Å². The Hall–Kier alpha value is -1.36. The minimum absolute atomic E-state index is 0.00929. The molecule has 1 aromatic carbocycles. The second kappa shape index (κ2) is 5.87. The Morgan fingerprint density at radius 3 is 2.33 bits per heavy atom. The van der Waals surface area contributed by atoms with Gasteiger partial charge in [-0.05, 0) is 53.7 Å². The number of ether oxygens (including phenoxy) is 1. The summed E-state index contributed by atoms with van der Waals surface area (Å²) in [5, 5.41) is 0. The first kappa shape index (κ1) is 17.5. The molecule has 4 atom stereocenters. The molecule has 0 aromatic heterocycles. The molecule has 5 heteroatoms. The molecule has 4 unspecified atom stereocenters. The molecule has 4 rings (SSSR count). The van der Waals surface area contributed by atoms with Crippen LogP contribution in [-0.4, -0.2) is 26.7 Å². The van der Waals surface area contributed by atoms with Gasteiger partial charge in [-0.25, -0.2) is 13.2 Å². The minimum Gasteiger partial charge on any atom is -0.458 e. The number of rotatable bonds is 4. The van der Waals surface area contributed by atoms with Crippen LogP contribution in [0.2, 0.25) is 0 Å². The Labute approximate surface area is 144 Å². The Bertz CT molecular complexity index is 733. The molecule has 4 nitrogen and oxygen atoms in total. The Balaban J connectivity index is 1.64. The van der Waals surface area contributed by atoms with E-state index < -0.39 is 9.84 Å². The largest absolute Gasteiger partial charge is 0.458 e. The van der Waals surface area contributed by atoms with Crippen LogP contribution in [0.15, 0.2) is 24.3 Å². The lowest BCUT2D eigenvalue weighted by Crippen LogP contribution is -2.57. The maximum atomic E-state index is 12.4. The third-order valence-electron chi connectivity index (χ3n) is 6.16. The normalized spacial score (nSPS) is 31.2. The highest BCUT2D eigenvalue weighted by atomic mass is 32.2. The van der Waals surface area contributed by atoms with Crippen molar-refractivity contribution in [3.8, 4) is 0 Å². The van der Waals surface area contributed by atoms with E-state index in [-0.39, 0.29) is 17.8 Å². The van der Waals surface area contributed by atoms with Gasteiger partial charge in [0.15, 0.2) is 9.84 Å². The van der Waals surface area contributed by atoms with E-state index in [2.05, 4.69) is 20.8 Å². The van der Waals surface area contributed by atoms with Crippen molar-refractivity contribution in [3.63, 3.8) is 0 Å². The SMILES string of the molecule is CC1C(OC(=O)c2ccc(CS(C)(=O)=O)cc2)CC2CC1C2(C)C. The molecule has 0 N–H and O–H groups in total. The maximum absolute atomic E-state index is 12.4. The number of benzene rings is 1. The number of esters is 1. The van der Waals surface area contributed by atoms with Gasteiger partial charge in [-0.15, -0.1) is 0 Å². The van der Waals surface area contributed by atoms with E-state index in [1.54, 1.807) is 24.3 Å². The molecule has 0 saturated heterocycles. The van der Waals surface area contributed by atoms with Crippen molar-refractivity contribution in [3.05, 3.63) is 35.4 Å². The highest BCUT2D eigenvalue weighted by Crippen LogP contribution is 2.61. The highest BCUT2D eigenvalue weighted by Gasteiger charge is 2.57. The zero-order chi connectivity index (χ0) is 17.7. The average molecular weight is 350 g/mol. The summed E-state index contributed by atoms with van der Waals surface area (Å²) in [6.07, 6.45) is 3.39. The fraction of sp³-hybridized carbons (Fsp3) is 0.632. The number of hydrogen-bond donors (Lipinski definition) is 0. The number of sulfone groups is 1. The standard InChI is InChI=1S/C19H26O4S/c1-12-16-9-15(19(16,2)3)10-17(12)23-18(20)14-7-5-13(6-8-14)11-24(4,21)22/h5-8,12,15-17H,9-11H2,1-4H3. The van der Waals surface area contributed by atoms with Gasteiger partial charge in [0.2, 0.25) is 0 Å². The fourth-order valence-corrected chi connectivity index (χ4v) is 5.30. The third-order valence-corrected chi connectivity index (χ3v) is 7.02. The van der Waals surface area contributed by atoms with Gasteiger partial charge in [-0.2, -0.15) is 0 Å². The third kappa shape index (κ3) is 3.23. The molecule has 2 bridgehead atoms. The van der Waals surface area contributed by atoms with Crippen molar-refractivity contribution < 1.29 is 17.9 Å².